The first-order chi connectivity index (χ1) is 8.13. The van der Waals surface area contributed by atoms with Gasteiger partial charge in [-0.25, -0.2) is 0 Å². The van der Waals surface area contributed by atoms with Gasteiger partial charge >= 0.3 is 0 Å². The Balaban J connectivity index is 2.22. The van der Waals surface area contributed by atoms with Gasteiger partial charge < -0.3 is 16.0 Å². The van der Waals surface area contributed by atoms with Crippen LogP contribution >= 0.6 is 0 Å². The molecule has 1 rings (SSSR count). The summed E-state index contributed by atoms with van der Waals surface area (Å²) in [6, 6.07) is -0.141. The zero-order valence-corrected chi connectivity index (χ0v) is 10.7. The van der Waals surface area contributed by atoms with E-state index >= 15 is 0 Å². The zero-order chi connectivity index (χ0) is 12.7. The van der Waals surface area contributed by atoms with Crippen molar-refractivity contribution in [3.8, 4) is 0 Å². The molecule has 98 valence electrons. The van der Waals surface area contributed by atoms with Crippen molar-refractivity contribution in [1.29, 1.82) is 0 Å². The maximum Gasteiger partial charge on any atom is 0.239 e. The van der Waals surface area contributed by atoms with Crippen LogP contribution in [0.2, 0.25) is 0 Å². The van der Waals surface area contributed by atoms with Gasteiger partial charge in [-0.15, -0.1) is 0 Å². The van der Waals surface area contributed by atoms with Gasteiger partial charge in [0, 0.05) is 6.54 Å². The van der Waals surface area contributed by atoms with Gasteiger partial charge in [-0.1, -0.05) is 13.8 Å². The fraction of sp³-hybridized carbons (Fsp3) is 0.833. The van der Waals surface area contributed by atoms with Crippen molar-refractivity contribution in [2.45, 2.75) is 39.2 Å². The van der Waals surface area contributed by atoms with Crippen LogP contribution in [0.5, 0.6) is 0 Å². The van der Waals surface area contributed by atoms with Crippen molar-refractivity contribution in [1.82, 2.24) is 16.0 Å². The third-order valence-corrected chi connectivity index (χ3v) is 2.98. The molecule has 0 spiro atoms. The quantitative estimate of drug-likeness (QED) is 0.635. The monoisotopic (exact) mass is 241 g/mol. The van der Waals surface area contributed by atoms with E-state index in [2.05, 4.69) is 22.9 Å². The molecule has 0 aromatic heterocycles. The summed E-state index contributed by atoms with van der Waals surface area (Å²) in [5.41, 5.74) is 0. The summed E-state index contributed by atoms with van der Waals surface area (Å²) >= 11 is 0. The van der Waals surface area contributed by atoms with Gasteiger partial charge in [0.05, 0.1) is 12.6 Å². The van der Waals surface area contributed by atoms with E-state index in [-0.39, 0.29) is 24.4 Å². The zero-order valence-electron chi connectivity index (χ0n) is 10.7. The van der Waals surface area contributed by atoms with Gasteiger partial charge in [-0.05, 0) is 31.7 Å². The van der Waals surface area contributed by atoms with E-state index in [0.717, 1.165) is 25.8 Å². The maximum absolute atomic E-state index is 11.8. The molecule has 1 aliphatic rings. The Morgan fingerprint density at radius 2 is 2.12 bits per heavy atom. The molecule has 1 saturated heterocycles. The smallest absolute Gasteiger partial charge is 0.239 e. The lowest BCUT2D eigenvalue weighted by atomic mass is 9.94. The van der Waals surface area contributed by atoms with Gasteiger partial charge in [0.1, 0.15) is 0 Å². The van der Waals surface area contributed by atoms with Crippen molar-refractivity contribution in [3.05, 3.63) is 0 Å². The molecule has 0 aliphatic carbocycles. The maximum atomic E-state index is 11.8. The highest BCUT2D eigenvalue weighted by molar-refractivity contribution is 5.87. The standard InChI is InChI=1S/C12H23N3O2/c1-3-5-14-11(16)8-15-12(17)10-7-9(2)4-6-13-10/h9-10,13H,3-8H2,1-2H3,(H,14,16)(H,15,17). The molecule has 3 N–H and O–H groups in total. The molecule has 1 heterocycles. The normalized spacial score (nSPS) is 24.1. The van der Waals surface area contributed by atoms with Crippen molar-refractivity contribution in [3.63, 3.8) is 0 Å². The molecule has 0 aromatic rings. The molecule has 0 bridgehead atoms. The molecule has 2 amide bonds. The number of carbonyl (C=O) groups is 2. The molecule has 5 heteroatoms. The first kappa shape index (κ1) is 14.0. The fourth-order valence-electron chi connectivity index (χ4n) is 1.92. The van der Waals surface area contributed by atoms with Crippen LogP contribution in [0.1, 0.15) is 33.1 Å². The van der Waals surface area contributed by atoms with E-state index in [1.807, 2.05) is 6.92 Å². The van der Waals surface area contributed by atoms with E-state index in [1.54, 1.807) is 0 Å². The molecule has 0 radical (unpaired) electrons. The Hall–Kier alpha value is -1.10. The minimum atomic E-state index is -0.141. The lowest BCUT2D eigenvalue weighted by Gasteiger charge is -2.27. The van der Waals surface area contributed by atoms with E-state index < -0.39 is 0 Å². The number of amides is 2. The summed E-state index contributed by atoms with van der Waals surface area (Å²) in [6.45, 7) is 5.75. The molecule has 2 atom stereocenters. The molecular weight excluding hydrogens is 218 g/mol. The number of nitrogens with one attached hydrogen (secondary N) is 3. The van der Waals surface area contributed by atoms with Gasteiger partial charge in [0.2, 0.25) is 11.8 Å². The number of piperidine rings is 1. The summed E-state index contributed by atoms with van der Waals surface area (Å²) in [6.07, 6.45) is 2.87. The van der Waals surface area contributed by atoms with Crippen molar-refractivity contribution in [2.24, 2.45) is 5.92 Å². The minimum absolute atomic E-state index is 0.0665. The number of carbonyl (C=O) groups excluding carboxylic acids is 2. The molecule has 0 saturated carbocycles. The Morgan fingerprint density at radius 1 is 1.35 bits per heavy atom. The summed E-state index contributed by atoms with van der Waals surface area (Å²) in [5, 5.41) is 8.57. The van der Waals surface area contributed by atoms with Crippen LogP contribution in [-0.2, 0) is 9.59 Å². The van der Waals surface area contributed by atoms with Crippen molar-refractivity contribution < 1.29 is 9.59 Å². The van der Waals surface area contributed by atoms with Crippen molar-refractivity contribution in [2.75, 3.05) is 19.6 Å². The lowest BCUT2D eigenvalue weighted by molar-refractivity contribution is -0.127. The Kier molecular flexibility index (Phi) is 5.97. The third kappa shape index (κ3) is 5.17. The summed E-state index contributed by atoms with van der Waals surface area (Å²) < 4.78 is 0. The molecule has 5 nitrogen and oxygen atoms in total. The van der Waals surface area contributed by atoms with Crippen LogP contribution in [0.4, 0.5) is 0 Å². The number of rotatable bonds is 5. The van der Waals surface area contributed by atoms with Gasteiger partial charge in [0.15, 0.2) is 0 Å². The largest absolute Gasteiger partial charge is 0.355 e. The van der Waals surface area contributed by atoms with Crippen molar-refractivity contribution >= 4 is 11.8 Å². The van der Waals surface area contributed by atoms with E-state index in [1.165, 1.54) is 0 Å². The first-order valence-electron chi connectivity index (χ1n) is 6.41. The van der Waals surface area contributed by atoms with Crippen LogP contribution in [0.25, 0.3) is 0 Å². The van der Waals surface area contributed by atoms with E-state index in [0.29, 0.717) is 12.5 Å². The molecule has 17 heavy (non-hydrogen) atoms. The summed E-state index contributed by atoms with van der Waals surface area (Å²) in [7, 11) is 0. The topological polar surface area (TPSA) is 70.2 Å². The summed E-state index contributed by atoms with van der Waals surface area (Å²) in [5.74, 6) is 0.383. The second-order valence-electron chi connectivity index (χ2n) is 4.70. The van der Waals surface area contributed by atoms with Gasteiger partial charge in [0.25, 0.3) is 0 Å². The predicted molar refractivity (Wildman–Crippen MR) is 66.5 cm³/mol. The Bertz CT molecular complexity index is 268. The highest BCUT2D eigenvalue weighted by Crippen LogP contribution is 2.14. The van der Waals surface area contributed by atoms with Crippen LogP contribution in [0.3, 0.4) is 0 Å². The second-order valence-corrected chi connectivity index (χ2v) is 4.70. The second kappa shape index (κ2) is 7.27. The highest BCUT2D eigenvalue weighted by Gasteiger charge is 2.24. The van der Waals surface area contributed by atoms with Gasteiger partial charge in [-0.2, -0.15) is 0 Å². The van der Waals surface area contributed by atoms with Crippen LogP contribution in [0.15, 0.2) is 0 Å². The summed E-state index contributed by atoms with van der Waals surface area (Å²) in [4.78, 5) is 23.1. The average molecular weight is 241 g/mol. The Morgan fingerprint density at radius 3 is 2.76 bits per heavy atom. The van der Waals surface area contributed by atoms with Crippen LogP contribution in [-0.4, -0.2) is 37.5 Å². The predicted octanol–water partition coefficient (Wildman–Crippen LogP) is 0.0169. The highest BCUT2D eigenvalue weighted by atomic mass is 16.2. The SMILES string of the molecule is CCCNC(=O)CNC(=O)C1CC(C)CCN1. The lowest BCUT2D eigenvalue weighted by Crippen LogP contribution is -2.50. The first-order valence-corrected chi connectivity index (χ1v) is 6.41. The minimum Gasteiger partial charge on any atom is -0.355 e. The fourth-order valence-corrected chi connectivity index (χ4v) is 1.92. The third-order valence-electron chi connectivity index (χ3n) is 2.98. The van der Waals surface area contributed by atoms with E-state index in [4.69, 9.17) is 0 Å². The van der Waals surface area contributed by atoms with Crippen LogP contribution in [0, 0.1) is 5.92 Å². The van der Waals surface area contributed by atoms with E-state index in [9.17, 15) is 9.59 Å². The number of hydrogen-bond donors (Lipinski definition) is 3. The van der Waals surface area contributed by atoms with Gasteiger partial charge in [-0.3, -0.25) is 9.59 Å². The number of hydrogen-bond acceptors (Lipinski definition) is 3. The molecule has 2 unspecified atom stereocenters. The Labute approximate surface area is 103 Å². The molecular formula is C12H23N3O2. The average Bonchev–Trinajstić information content (AvgIpc) is 2.33. The molecule has 1 aliphatic heterocycles. The molecule has 0 aromatic carbocycles. The molecule has 1 fully saturated rings. The van der Waals surface area contributed by atoms with Crippen LogP contribution < -0.4 is 16.0 Å².